The average Bonchev–Trinajstić information content (AvgIpc) is 2.91. The highest BCUT2D eigenvalue weighted by atomic mass is 15.4. The molecule has 2 aromatic rings. The molecule has 4 rings (SSSR count). The topological polar surface area (TPSA) is 6.48 Å². The Morgan fingerprint density at radius 1 is 0.857 bits per heavy atom. The van der Waals surface area contributed by atoms with E-state index in [1.807, 2.05) is 0 Å². The Hall–Kier alpha value is -2.48. The van der Waals surface area contributed by atoms with Crippen LogP contribution in [-0.2, 0) is 0 Å². The van der Waals surface area contributed by atoms with E-state index in [1.54, 1.807) is 0 Å². The zero-order valence-electron chi connectivity index (χ0n) is 12.4. The minimum Gasteiger partial charge on any atom is -0.327 e. The van der Waals surface area contributed by atoms with E-state index in [-0.39, 0.29) is 0 Å². The largest absolute Gasteiger partial charge is 0.327 e. The second-order valence-corrected chi connectivity index (χ2v) is 5.73. The van der Waals surface area contributed by atoms with Crippen molar-refractivity contribution in [3.8, 4) is 0 Å². The van der Waals surface area contributed by atoms with Crippen LogP contribution in [0.2, 0.25) is 0 Å². The third-order valence-electron chi connectivity index (χ3n) is 4.28. The predicted molar refractivity (Wildman–Crippen MR) is 89.3 cm³/mol. The van der Waals surface area contributed by atoms with Gasteiger partial charge in [-0.25, -0.2) is 0 Å². The van der Waals surface area contributed by atoms with Crippen LogP contribution >= 0.6 is 0 Å². The second kappa shape index (κ2) is 4.52. The minimum atomic E-state index is 0.877. The van der Waals surface area contributed by atoms with Gasteiger partial charge < -0.3 is 9.80 Å². The van der Waals surface area contributed by atoms with E-state index in [9.17, 15) is 0 Å². The number of hydrogen-bond acceptors (Lipinski definition) is 2. The number of para-hydroxylation sites is 2. The van der Waals surface area contributed by atoms with Crippen LogP contribution in [0.15, 0.2) is 60.4 Å². The van der Waals surface area contributed by atoms with Crippen LogP contribution in [0.3, 0.4) is 0 Å². The van der Waals surface area contributed by atoms with Crippen molar-refractivity contribution < 1.29 is 0 Å². The van der Waals surface area contributed by atoms with Gasteiger partial charge in [-0.3, -0.25) is 0 Å². The van der Waals surface area contributed by atoms with Gasteiger partial charge in [0.25, 0.3) is 0 Å². The third-order valence-corrected chi connectivity index (χ3v) is 4.28. The van der Waals surface area contributed by atoms with Gasteiger partial charge in [-0.2, -0.15) is 0 Å². The molecule has 0 saturated carbocycles. The van der Waals surface area contributed by atoms with Crippen molar-refractivity contribution in [2.24, 2.45) is 0 Å². The Morgan fingerprint density at radius 2 is 1.62 bits per heavy atom. The predicted octanol–water partition coefficient (Wildman–Crippen LogP) is 4.46. The van der Waals surface area contributed by atoms with Crippen LogP contribution in [0.25, 0.3) is 6.08 Å². The lowest BCUT2D eigenvalue weighted by Gasteiger charge is -2.28. The zero-order chi connectivity index (χ0) is 14.4. The molecule has 0 bridgehead atoms. The lowest BCUT2D eigenvalue weighted by molar-refractivity contribution is 0.949. The Balaban J connectivity index is 1.77. The first kappa shape index (κ1) is 12.3. The molecule has 0 N–H and O–H groups in total. The first-order chi connectivity index (χ1) is 10.2. The monoisotopic (exact) mass is 274 g/mol. The summed E-state index contributed by atoms with van der Waals surface area (Å²) in [6, 6.07) is 15.1. The Kier molecular flexibility index (Phi) is 2.64. The van der Waals surface area contributed by atoms with Crippen LogP contribution in [0, 0.1) is 13.8 Å². The molecule has 2 aliphatic heterocycles. The number of nitrogens with zero attached hydrogens (tertiary/aromatic N) is 2. The number of allylic oxidation sites excluding steroid dienone is 1. The van der Waals surface area contributed by atoms with Crippen LogP contribution in [-0.4, -0.2) is 6.67 Å². The molecule has 2 nitrogen and oxygen atoms in total. The lowest BCUT2D eigenvalue weighted by atomic mass is 10.1. The number of rotatable bonds is 1. The molecule has 104 valence electrons. The van der Waals surface area contributed by atoms with E-state index in [4.69, 9.17) is 0 Å². The summed E-state index contributed by atoms with van der Waals surface area (Å²) in [6.07, 6.45) is 6.66. The molecule has 0 fully saturated rings. The highest BCUT2D eigenvalue weighted by Crippen LogP contribution is 2.37. The quantitative estimate of drug-likeness (QED) is 0.757. The first-order valence-electron chi connectivity index (χ1n) is 7.33. The molecular weight excluding hydrogens is 256 g/mol. The molecule has 2 aliphatic rings. The molecule has 2 heteroatoms. The molecular formula is C19H18N2. The van der Waals surface area contributed by atoms with Gasteiger partial charge in [0.1, 0.15) is 0 Å². The van der Waals surface area contributed by atoms with Crippen LogP contribution in [0.5, 0.6) is 0 Å². The second-order valence-electron chi connectivity index (χ2n) is 5.73. The number of aryl methyl sites for hydroxylation is 2. The number of benzene rings is 2. The highest BCUT2D eigenvalue weighted by molar-refractivity contribution is 5.79. The molecule has 0 atom stereocenters. The third kappa shape index (κ3) is 1.87. The number of hydrogen-bond donors (Lipinski definition) is 0. The maximum Gasteiger partial charge on any atom is 0.0995 e. The molecule has 0 saturated heterocycles. The van der Waals surface area contributed by atoms with Crippen molar-refractivity contribution in [3.05, 3.63) is 77.1 Å². The van der Waals surface area contributed by atoms with Crippen molar-refractivity contribution in [2.75, 3.05) is 16.5 Å². The molecule has 0 unspecified atom stereocenters. The van der Waals surface area contributed by atoms with Gasteiger partial charge in [-0.1, -0.05) is 42.5 Å². The minimum absolute atomic E-state index is 0.877. The SMILES string of the molecule is Cc1cccc(C)c1N1C=C2C=Cc3ccccc3N2C1. The summed E-state index contributed by atoms with van der Waals surface area (Å²) in [5, 5.41) is 0. The van der Waals surface area contributed by atoms with E-state index in [0.29, 0.717) is 0 Å². The van der Waals surface area contributed by atoms with Crippen molar-refractivity contribution in [1.82, 2.24) is 0 Å². The van der Waals surface area contributed by atoms with E-state index >= 15 is 0 Å². The molecule has 0 aliphatic carbocycles. The van der Waals surface area contributed by atoms with Crippen molar-refractivity contribution in [3.63, 3.8) is 0 Å². The summed E-state index contributed by atoms with van der Waals surface area (Å²) < 4.78 is 0. The summed E-state index contributed by atoms with van der Waals surface area (Å²) in [5.74, 6) is 0. The molecule has 0 radical (unpaired) electrons. The smallest absolute Gasteiger partial charge is 0.0995 e. The van der Waals surface area contributed by atoms with E-state index in [2.05, 4.69) is 84.5 Å². The van der Waals surface area contributed by atoms with Crippen molar-refractivity contribution in [2.45, 2.75) is 13.8 Å². The normalized spacial score (nSPS) is 15.8. The number of anilines is 2. The Morgan fingerprint density at radius 3 is 2.43 bits per heavy atom. The van der Waals surface area contributed by atoms with Gasteiger partial charge in [0, 0.05) is 11.9 Å². The first-order valence-corrected chi connectivity index (χ1v) is 7.33. The molecule has 0 spiro atoms. The summed E-state index contributed by atoms with van der Waals surface area (Å²) in [5.41, 5.74) is 7.81. The van der Waals surface area contributed by atoms with E-state index < -0.39 is 0 Å². The molecule has 0 amide bonds. The fourth-order valence-corrected chi connectivity index (χ4v) is 3.30. The van der Waals surface area contributed by atoms with Crippen LogP contribution in [0.4, 0.5) is 11.4 Å². The Labute approximate surface area is 125 Å². The van der Waals surface area contributed by atoms with Crippen LogP contribution < -0.4 is 9.80 Å². The highest BCUT2D eigenvalue weighted by Gasteiger charge is 2.26. The number of fused-ring (bicyclic) bond motifs is 3. The summed E-state index contributed by atoms with van der Waals surface area (Å²) in [6.45, 7) is 5.24. The van der Waals surface area contributed by atoms with Crippen molar-refractivity contribution in [1.29, 1.82) is 0 Å². The van der Waals surface area contributed by atoms with Gasteiger partial charge in [-0.15, -0.1) is 0 Å². The fourth-order valence-electron chi connectivity index (χ4n) is 3.30. The van der Waals surface area contributed by atoms with E-state index in [0.717, 1.165) is 6.67 Å². The summed E-state index contributed by atoms with van der Waals surface area (Å²) >= 11 is 0. The average molecular weight is 274 g/mol. The van der Waals surface area contributed by atoms with Gasteiger partial charge in [-0.05, 0) is 42.7 Å². The molecule has 21 heavy (non-hydrogen) atoms. The Bertz CT molecular complexity index is 751. The summed E-state index contributed by atoms with van der Waals surface area (Å²) in [7, 11) is 0. The van der Waals surface area contributed by atoms with Gasteiger partial charge >= 0.3 is 0 Å². The summed E-state index contributed by atoms with van der Waals surface area (Å²) in [4.78, 5) is 4.73. The zero-order valence-corrected chi connectivity index (χ0v) is 12.4. The van der Waals surface area contributed by atoms with E-state index in [1.165, 1.54) is 33.8 Å². The molecule has 0 aromatic heterocycles. The van der Waals surface area contributed by atoms with Gasteiger partial charge in [0.2, 0.25) is 0 Å². The van der Waals surface area contributed by atoms with Crippen molar-refractivity contribution >= 4 is 17.5 Å². The molecule has 2 aromatic carbocycles. The molecule has 2 heterocycles. The lowest BCUT2D eigenvalue weighted by Crippen LogP contribution is -2.28. The standard InChI is InChI=1S/C19H18N2/c1-14-6-5-7-15(2)19(14)20-12-17-11-10-16-8-3-4-9-18(16)21(17)13-20/h3-12H,13H2,1-2H3. The van der Waals surface area contributed by atoms with Gasteiger partial charge in [0.15, 0.2) is 0 Å². The maximum atomic E-state index is 2.38. The maximum absolute atomic E-state index is 2.38. The van der Waals surface area contributed by atoms with Crippen LogP contribution in [0.1, 0.15) is 16.7 Å². The fraction of sp³-hybridized carbons (Fsp3) is 0.158. The van der Waals surface area contributed by atoms with Gasteiger partial charge in [0.05, 0.1) is 18.1 Å².